The van der Waals surface area contributed by atoms with Gasteiger partial charge in [-0.1, -0.05) is 6.07 Å². The molecular weight excluding hydrogens is 310 g/mol. The Morgan fingerprint density at radius 2 is 2.39 bits per heavy atom. The molecule has 0 saturated carbocycles. The van der Waals surface area contributed by atoms with Gasteiger partial charge in [0.1, 0.15) is 5.82 Å². The molecule has 4 heterocycles. The molecule has 2 aromatic rings. The molecule has 1 saturated heterocycles. The smallest absolute Gasteiger partial charge is 0.318 e. The van der Waals surface area contributed by atoms with Gasteiger partial charge in [-0.2, -0.15) is 0 Å². The average molecular weight is 329 g/mol. The molecule has 23 heavy (non-hydrogen) atoms. The predicted octanol–water partition coefficient (Wildman–Crippen LogP) is 2.23. The Morgan fingerprint density at radius 1 is 1.43 bits per heavy atom. The second-order valence-electron chi connectivity index (χ2n) is 5.99. The number of rotatable bonds is 2. The van der Waals surface area contributed by atoms with Crippen molar-refractivity contribution in [1.29, 1.82) is 0 Å². The zero-order valence-electron chi connectivity index (χ0n) is 12.8. The monoisotopic (exact) mass is 329 g/mol. The maximum atomic E-state index is 12.6. The van der Waals surface area contributed by atoms with Gasteiger partial charge in [-0.05, 0) is 18.9 Å². The van der Waals surface area contributed by atoms with E-state index in [-0.39, 0.29) is 6.03 Å². The number of anilines is 1. The Hall–Kier alpha value is -2.15. The first kappa shape index (κ1) is 14.4. The summed E-state index contributed by atoms with van der Waals surface area (Å²) in [5.74, 6) is 1.05. The zero-order valence-corrected chi connectivity index (χ0v) is 13.6. The van der Waals surface area contributed by atoms with Crippen LogP contribution in [-0.4, -0.2) is 40.0 Å². The van der Waals surface area contributed by atoms with Crippen molar-refractivity contribution < 1.29 is 4.79 Å². The fourth-order valence-corrected chi connectivity index (χ4v) is 3.96. The minimum absolute atomic E-state index is 0.0263. The summed E-state index contributed by atoms with van der Waals surface area (Å²) in [6.07, 6.45) is 4.12. The van der Waals surface area contributed by atoms with Crippen LogP contribution < -0.4 is 10.2 Å². The molecule has 2 aliphatic rings. The molecule has 0 spiro atoms. The number of carbonyl (C=O) groups is 1. The van der Waals surface area contributed by atoms with E-state index >= 15 is 0 Å². The van der Waals surface area contributed by atoms with Gasteiger partial charge in [0.25, 0.3) is 0 Å². The van der Waals surface area contributed by atoms with E-state index in [9.17, 15) is 4.79 Å². The standard InChI is InChI=1S/C16H19N5OS/c22-16(18-7-13-10-23-11-19-13)20-8-12-3-1-5-17-15(12)21-6-2-4-14(21)9-20/h1,3,5,10-11,14H,2,4,6-9H2,(H,18,22)/t14-/m1/s1. The second kappa shape index (κ2) is 6.16. The molecule has 0 unspecified atom stereocenters. The lowest BCUT2D eigenvalue weighted by atomic mass is 10.2. The van der Waals surface area contributed by atoms with Crippen LogP contribution in [0.25, 0.3) is 0 Å². The quantitative estimate of drug-likeness (QED) is 0.918. The molecule has 2 aliphatic heterocycles. The lowest BCUT2D eigenvalue weighted by molar-refractivity contribution is 0.192. The Kier molecular flexibility index (Phi) is 3.87. The Morgan fingerprint density at radius 3 is 3.26 bits per heavy atom. The summed E-state index contributed by atoms with van der Waals surface area (Å²) in [4.78, 5) is 25.6. The number of nitrogens with zero attached hydrogens (tertiary/aromatic N) is 4. The first-order valence-electron chi connectivity index (χ1n) is 7.91. The predicted molar refractivity (Wildman–Crippen MR) is 89.4 cm³/mol. The highest BCUT2D eigenvalue weighted by molar-refractivity contribution is 7.07. The van der Waals surface area contributed by atoms with Gasteiger partial charge in [0, 0.05) is 36.3 Å². The van der Waals surface area contributed by atoms with Crippen LogP contribution in [0.15, 0.2) is 29.2 Å². The van der Waals surface area contributed by atoms with Crippen LogP contribution in [0.2, 0.25) is 0 Å². The third-order valence-electron chi connectivity index (χ3n) is 4.50. The summed E-state index contributed by atoms with van der Waals surface area (Å²) in [7, 11) is 0. The van der Waals surface area contributed by atoms with E-state index in [1.54, 1.807) is 16.8 Å². The number of thiazole rings is 1. The van der Waals surface area contributed by atoms with E-state index in [2.05, 4.69) is 26.3 Å². The summed E-state index contributed by atoms with van der Waals surface area (Å²) >= 11 is 1.54. The number of fused-ring (bicyclic) bond motifs is 3. The number of aromatic nitrogens is 2. The maximum Gasteiger partial charge on any atom is 0.318 e. The van der Waals surface area contributed by atoms with E-state index in [1.165, 1.54) is 0 Å². The minimum Gasteiger partial charge on any atom is -0.352 e. The third-order valence-corrected chi connectivity index (χ3v) is 5.14. The minimum atomic E-state index is -0.0263. The van der Waals surface area contributed by atoms with Gasteiger partial charge in [0.05, 0.1) is 24.3 Å². The Bertz CT molecular complexity index is 690. The number of hydrogen-bond donors (Lipinski definition) is 1. The molecule has 2 aromatic heterocycles. The highest BCUT2D eigenvalue weighted by atomic mass is 32.1. The van der Waals surface area contributed by atoms with E-state index in [1.807, 2.05) is 22.5 Å². The summed E-state index contributed by atoms with van der Waals surface area (Å²) in [6.45, 7) is 2.87. The van der Waals surface area contributed by atoms with Crippen molar-refractivity contribution in [2.45, 2.75) is 32.0 Å². The number of hydrogen-bond acceptors (Lipinski definition) is 5. The normalized spacial score (nSPS) is 19.9. The number of nitrogens with one attached hydrogen (secondary N) is 1. The molecule has 1 fully saturated rings. The van der Waals surface area contributed by atoms with E-state index in [0.717, 1.165) is 43.0 Å². The average Bonchev–Trinajstić information content (AvgIpc) is 3.22. The molecule has 0 radical (unpaired) electrons. The summed E-state index contributed by atoms with van der Waals surface area (Å²) in [6, 6.07) is 4.36. The van der Waals surface area contributed by atoms with Gasteiger partial charge < -0.3 is 15.1 Å². The van der Waals surface area contributed by atoms with E-state index < -0.39 is 0 Å². The van der Waals surface area contributed by atoms with Gasteiger partial charge in [-0.3, -0.25) is 0 Å². The highest BCUT2D eigenvalue weighted by Gasteiger charge is 2.33. The van der Waals surface area contributed by atoms with Crippen LogP contribution in [-0.2, 0) is 13.1 Å². The van der Waals surface area contributed by atoms with E-state index in [4.69, 9.17) is 0 Å². The highest BCUT2D eigenvalue weighted by Crippen LogP contribution is 2.31. The lowest BCUT2D eigenvalue weighted by Gasteiger charge is -2.26. The van der Waals surface area contributed by atoms with Crippen molar-refractivity contribution in [2.24, 2.45) is 0 Å². The van der Waals surface area contributed by atoms with Gasteiger partial charge in [0.2, 0.25) is 0 Å². The van der Waals surface area contributed by atoms with Gasteiger partial charge in [0.15, 0.2) is 0 Å². The number of pyridine rings is 1. The van der Waals surface area contributed by atoms with Crippen LogP contribution in [0.4, 0.5) is 10.6 Å². The van der Waals surface area contributed by atoms with Gasteiger partial charge in [-0.15, -0.1) is 11.3 Å². The third kappa shape index (κ3) is 2.88. The number of amides is 2. The summed E-state index contributed by atoms with van der Waals surface area (Å²) in [5.41, 5.74) is 3.81. The van der Waals surface area contributed by atoms with Crippen molar-refractivity contribution in [3.63, 3.8) is 0 Å². The molecule has 0 bridgehead atoms. The van der Waals surface area contributed by atoms with Crippen molar-refractivity contribution in [1.82, 2.24) is 20.2 Å². The fraction of sp³-hybridized carbons (Fsp3) is 0.438. The topological polar surface area (TPSA) is 61.4 Å². The molecule has 6 nitrogen and oxygen atoms in total. The molecule has 0 aromatic carbocycles. The van der Waals surface area contributed by atoms with Crippen molar-refractivity contribution in [3.8, 4) is 0 Å². The molecule has 1 atom stereocenters. The molecule has 1 N–H and O–H groups in total. The lowest BCUT2D eigenvalue weighted by Crippen LogP contribution is -2.44. The molecule has 2 amide bonds. The SMILES string of the molecule is O=C(NCc1cscn1)N1Cc2cccnc2N2CCC[C@@H]2C1. The van der Waals surface area contributed by atoms with Crippen molar-refractivity contribution in [3.05, 3.63) is 40.5 Å². The fourth-order valence-electron chi connectivity index (χ4n) is 3.40. The maximum absolute atomic E-state index is 12.6. The first-order valence-corrected chi connectivity index (χ1v) is 8.86. The molecule has 7 heteroatoms. The van der Waals surface area contributed by atoms with Gasteiger partial charge in [-0.25, -0.2) is 14.8 Å². The first-order chi connectivity index (χ1) is 11.3. The summed E-state index contributed by atoms with van der Waals surface area (Å²) < 4.78 is 0. The second-order valence-corrected chi connectivity index (χ2v) is 6.71. The van der Waals surface area contributed by atoms with Crippen molar-refractivity contribution >= 4 is 23.2 Å². The van der Waals surface area contributed by atoms with Gasteiger partial charge >= 0.3 is 6.03 Å². The van der Waals surface area contributed by atoms with E-state index in [0.29, 0.717) is 19.1 Å². The van der Waals surface area contributed by atoms with Crippen molar-refractivity contribution in [2.75, 3.05) is 18.0 Å². The largest absolute Gasteiger partial charge is 0.352 e. The molecule has 120 valence electrons. The summed E-state index contributed by atoms with van der Waals surface area (Å²) in [5, 5.41) is 4.94. The van der Waals surface area contributed by atoms with Crippen LogP contribution in [0.1, 0.15) is 24.1 Å². The molecular formula is C16H19N5OS. The Balaban J connectivity index is 1.52. The number of urea groups is 1. The van der Waals surface area contributed by atoms with Crippen LogP contribution in [0, 0.1) is 0 Å². The van der Waals surface area contributed by atoms with Crippen LogP contribution >= 0.6 is 11.3 Å². The Labute approximate surface area is 139 Å². The number of carbonyl (C=O) groups excluding carboxylic acids is 1. The molecule has 4 rings (SSSR count). The molecule has 0 aliphatic carbocycles. The van der Waals surface area contributed by atoms with Crippen LogP contribution in [0.3, 0.4) is 0 Å². The van der Waals surface area contributed by atoms with Crippen LogP contribution in [0.5, 0.6) is 0 Å². The zero-order chi connectivity index (χ0) is 15.6.